The molecule has 0 saturated heterocycles. The van der Waals surface area contributed by atoms with E-state index in [0.717, 1.165) is 27.0 Å². The topological polar surface area (TPSA) is 81.8 Å². The van der Waals surface area contributed by atoms with E-state index < -0.39 is 10.0 Å². The molecule has 1 aliphatic rings. The Morgan fingerprint density at radius 3 is 2.29 bits per heavy atom. The highest BCUT2D eigenvalue weighted by Crippen LogP contribution is 2.39. The fraction of sp³-hybridized carbons (Fsp3) is 0.192. The van der Waals surface area contributed by atoms with Crippen LogP contribution < -0.4 is 14.9 Å². The van der Waals surface area contributed by atoms with Gasteiger partial charge in [0.1, 0.15) is 0 Å². The molecule has 7 nitrogen and oxygen atoms in total. The summed E-state index contributed by atoms with van der Waals surface area (Å²) in [6.07, 6.45) is 1.21. The highest BCUT2D eigenvalue weighted by Gasteiger charge is 2.28. The zero-order valence-corrected chi connectivity index (χ0v) is 22.2. The van der Waals surface area contributed by atoms with Gasteiger partial charge in [-0.25, -0.2) is 8.42 Å². The summed E-state index contributed by atoms with van der Waals surface area (Å²) in [5.74, 6) is -0.187. The number of anilines is 3. The van der Waals surface area contributed by atoms with Gasteiger partial charge in [0.25, 0.3) is 5.91 Å². The normalized spacial score (nSPS) is 14.5. The third-order valence-corrected chi connectivity index (χ3v) is 7.30. The quantitative estimate of drug-likeness (QED) is 0.394. The molecular weight excluding hydrogens is 528 g/mol. The lowest BCUT2D eigenvalue weighted by molar-refractivity contribution is -0.110. The van der Waals surface area contributed by atoms with Crippen LogP contribution in [0.25, 0.3) is 11.3 Å². The van der Waals surface area contributed by atoms with Crippen molar-refractivity contribution < 1.29 is 13.2 Å². The molecule has 0 atom stereocenters. The molecule has 1 heterocycles. The van der Waals surface area contributed by atoms with Gasteiger partial charge in [-0.15, -0.1) is 0 Å². The number of halogens is 1. The molecule has 0 radical (unpaired) electrons. The van der Waals surface area contributed by atoms with E-state index in [4.69, 9.17) is 0 Å². The third kappa shape index (κ3) is 5.75. The van der Waals surface area contributed by atoms with Crippen LogP contribution in [0, 0.1) is 0 Å². The van der Waals surface area contributed by atoms with Gasteiger partial charge < -0.3 is 15.5 Å². The SMILES string of the molecule is CN(C)CCN(c1ccc(N/C(=C2\C(=O)Nc3cc(Br)ccc32)c2ccccc2)cc1)S(C)(=O)=O. The number of amides is 1. The zero-order valence-electron chi connectivity index (χ0n) is 19.7. The van der Waals surface area contributed by atoms with Crippen LogP contribution in [0.4, 0.5) is 17.1 Å². The molecule has 0 fully saturated rings. The second-order valence-corrected chi connectivity index (χ2v) is 11.4. The lowest BCUT2D eigenvalue weighted by Crippen LogP contribution is -2.35. The molecule has 4 rings (SSSR count). The number of benzene rings is 3. The molecule has 1 amide bonds. The largest absolute Gasteiger partial charge is 0.354 e. The molecule has 3 aromatic carbocycles. The summed E-state index contributed by atoms with van der Waals surface area (Å²) in [5.41, 5.74) is 4.96. The average Bonchev–Trinajstić information content (AvgIpc) is 3.12. The van der Waals surface area contributed by atoms with Crippen LogP contribution in [0.3, 0.4) is 0 Å². The smallest absolute Gasteiger partial charge is 0.258 e. The zero-order chi connectivity index (χ0) is 25.2. The molecule has 182 valence electrons. The number of rotatable bonds is 8. The molecule has 0 aromatic heterocycles. The van der Waals surface area contributed by atoms with Gasteiger partial charge in [-0.05, 0) is 56.1 Å². The standard InChI is InChI=1S/C26H27BrN4O3S/c1-30(2)15-16-31(35(3,33)34)21-12-10-20(11-13-21)28-25(18-7-5-4-6-8-18)24-22-14-9-19(27)17-23(22)29-26(24)32/h4-14,17,28H,15-16H2,1-3H3,(H,29,32)/b25-24-. The summed E-state index contributed by atoms with van der Waals surface area (Å²) in [5, 5.41) is 6.35. The van der Waals surface area contributed by atoms with Crippen LogP contribution in [0.15, 0.2) is 77.3 Å². The van der Waals surface area contributed by atoms with Gasteiger partial charge in [-0.3, -0.25) is 9.10 Å². The maximum Gasteiger partial charge on any atom is 0.258 e. The summed E-state index contributed by atoms with van der Waals surface area (Å²) < 4.78 is 27.0. The fourth-order valence-electron chi connectivity index (χ4n) is 3.91. The van der Waals surface area contributed by atoms with Gasteiger partial charge in [-0.1, -0.05) is 52.3 Å². The molecule has 35 heavy (non-hydrogen) atoms. The number of carbonyl (C=O) groups is 1. The van der Waals surface area contributed by atoms with Crippen molar-refractivity contribution in [1.82, 2.24) is 4.90 Å². The van der Waals surface area contributed by atoms with Gasteiger partial charge in [0.15, 0.2) is 0 Å². The van der Waals surface area contributed by atoms with Gasteiger partial charge in [0, 0.05) is 28.8 Å². The minimum absolute atomic E-state index is 0.187. The minimum Gasteiger partial charge on any atom is -0.354 e. The second kappa shape index (κ2) is 10.2. The first-order chi connectivity index (χ1) is 16.6. The van der Waals surface area contributed by atoms with Crippen molar-refractivity contribution in [1.29, 1.82) is 0 Å². The predicted octanol–water partition coefficient (Wildman–Crippen LogP) is 4.71. The minimum atomic E-state index is -3.43. The summed E-state index contributed by atoms with van der Waals surface area (Å²) in [7, 11) is 0.380. The lowest BCUT2D eigenvalue weighted by atomic mass is 10.00. The van der Waals surface area contributed by atoms with Crippen molar-refractivity contribution in [3.8, 4) is 0 Å². The number of sulfonamides is 1. The van der Waals surface area contributed by atoms with E-state index in [2.05, 4.69) is 26.6 Å². The van der Waals surface area contributed by atoms with Crippen LogP contribution in [0.1, 0.15) is 11.1 Å². The van der Waals surface area contributed by atoms with Crippen LogP contribution in [-0.4, -0.2) is 52.7 Å². The number of hydrogen-bond acceptors (Lipinski definition) is 5. The second-order valence-electron chi connectivity index (χ2n) is 8.57. The first-order valence-electron chi connectivity index (χ1n) is 11.0. The Labute approximate surface area is 214 Å². The van der Waals surface area contributed by atoms with E-state index >= 15 is 0 Å². The molecule has 0 saturated carbocycles. The molecule has 0 aliphatic carbocycles. The van der Waals surface area contributed by atoms with Crippen molar-refractivity contribution in [3.63, 3.8) is 0 Å². The summed E-state index contributed by atoms with van der Waals surface area (Å²) in [6, 6.07) is 22.5. The molecular formula is C26H27BrN4O3S. The van der Waals surface area contributed by atoms with Crippen molar-refractivity contribution in [2.75, 3.05) is 48.4 Å². The fourth-order valence-corrected chi connectivity index (χ4v) is 5.19. The van der Waals surface area contributed by atoms with Crippen LogP contribution in [0.5, 0.6) is 0 Å². The summed E-state index contributed by atoms with van der Waals surface area (Å²) in [6.45, 7) is 0.951. The molecule has 0 spiro atoms. The summed E-state index contributed by atoms with van der Waals surface area (Å²) >= 11 is 3.46. The van der Waals surface area contributed by atoms with E-state index in [0.29, 0.717) is 30.0 Å². The Balaban J connectivity index is 1.72. The molecule has 0 bridgehead atoms. The third-order valence-electron chi connectivity index (χ3n) is 5.61. The van der Waals surface area contributed by atoms with Crippen LogP contribution in [0.2, 0.25) is 0 Å². The van der Waals surface area contributed by atoms with Crippen LogP contribution >= 0.6 is 15.9 Å². The van der Waals surface area contributed by atoms with Crippen molar-refractivity contribution in [2.45, 2.75) is 0 Å². The first kappa shape index (κ1) is 25.0. The maximum absolute atomic E-state index is 13.0. The molecule has 9 heteroatoms. The Morgan fingerprint density at radius 1 is 0.971 bits per heavy atom. The highest BCUT2D eigenvalue weighted by atomic mass is 79.9. The number of likely N-dealkylation sites (N-methyl/N-ethyl adjacent to an activating group) is 1. The van der Waals surface area contributed by atoms with Gasteiger partial charge in [-0.2, -0.15) is 0 Å². The predicted molar refractivity (Wildman–Crippen MR) is 147 cm³/mol. The van der Waals surface area contributed by atoms with E-state index in [1.165, 1.54) is 10.6 Å². The van der Waals surface area contributed by atoms with E-state index in [1.807, 2.05) is 79.7 Å². The van der Waals surface area contributed by atoms with Gasteiger partial charge in [0.05, 0.1) is 28.9 Å². The van der Waals surface area contributed by atoms with Crippen molar-refractivity contribution >= 4 is 60.2 Å². The van der Waals surface area contributed by atoms with E-state index in [-0.39, 0.29) is 5.91 Å². The average molecular weight is 555 g/mol. The van der Waals surface area contributed by atoms with Gasteiger partial charge >= 0.3 is 0 Å². The Bertz CT molecular complexity index is 1370. The molecule has 3 aromatic rings. The van der Waals surface area contributed by atoms with Crippen LogP contribution in [-0.2, 0) is 14.8 Å². The first-order valence-corrected chi connectivity index (χ1v) is 13.7. The van der Waals surface area contributed by atoms with Crippen molar-refractivity contribution in [2.24, 2.45) is 0 Å². The lowest BCUT2D eigenvalue weighted by Gasteiger charge is -2.24. The van der Waals surface area contributed by atoms with E-state index in [9.17, 15) is 13.2 Å². The Hall–Kier alpha value is -3.14. The summed E-state index contributed by atoms with van der Waals surface area (Å²) in [4.78, 5) is 15.0. The van der Waals surface area contributed by atoms with E-state index in [1.54, 1.807) is 12.1 Å². The number of hydrogen-bond donors (Lipinski definition) is 2. The van der Waals surface area contributed by atoms with Crippen molar-refractivity contribution in [3.05, 3.63) is 88.4 Å². The number of fused-ring (bicyclic) bond motifs is 1. The monoisotopic (exact) mass is 554 g/mol. The Kier molecular flexibility index (Phi) is 7.30. The number of nitrogens with one attached hydrogen (secondary N) is 2. The number of carbonyl (C=O) groups excluding carboxylic acids is 1. The highest BCUT2D eigenvalue weighted by molar-refractivity contribution is 9.10. The number of nitrogens with zero attached hydrogens (tertiary/aromatic N) is 2. The van der Waals surface area contributed by atoms with Gasteiger partial charge in [0.2, 0.25) is 10.0 Å². The molecule has 1 aliphatic heterocycles. The molecule has 2 N–H and O–H groups in total. The maximum atomic E-state index is 13.0. The Morgan fingerprint density at radius 2 is 1.66 bits per heavy atom. The molecule has 0 unspecified atom stereocenters.